The molecule has 0 unspecified atom stereocenters. The molecule has 0 spiro atoms. The highest BCUT2D eigenvalue weighted by Crippen LogP contribution is 2.31. The zero-order chi connectivity index (χ0) is 11.5. The third-order valence-corrected chi connectivity index (χ3v) is 3.01. The fourth-order valence-electron chi connectivity index (χ4n) is 1.39. The Balaban J connectivity index is 2.16. The van der Waals surface area contributed by atoms with Crippen molar-refractivity contribution >= 4 is 21.9 Å². The van der Waals surface area contributed by atoms with Crippen LogP contribution in [0.2, 0.25) is 0 Å². The van der Waals surface area contributed by atoms with Crippen LogP contribution in [-0.2, 0) is 4.74 Å². The number of hydrogen-bond donors (Lipinski definition) is 0. The van der Waals surface area contributed by atoms with Gasteiger partial charge < -0.3 is 9.47 Å². The van der Waals surface area contributed by atoms with Crippen molar-refractivity contribution in [2.45, 2.75) is 12.8 Å². The Morgan fingerprint density at radius 1 is 1.50 bits per heavy atom. The molecule has 1 saturated carbocycles. The van der Waals surface area contributed by atoms with Crippen LogP contribution >= 0.6 is 15.9 Å². The topological polar surface area (TPSA) is 35.5 Å². The summed E-state index contributed by atoms with van der Waals surface area (Å²) in [6, 6.07) is 5.36. The fourth-order valence-corrected chi connectivity index (χ4v) is 1.75. The second-order valence-electron chi connectivity index (χ2n) is 3.89. The summed E-state index contributed by atoms with van der Waals surface area (Å²) in [4.78, 5) is 11.5. The summed E-state index contributed by atoms with van der Waals surface area (Å²) in [6.45, 7) is 0.686. The summed E-state index contributed by atoms with van der Waals surface area (Å²) in [7, 11) is 1.37. The zero-order valence-corrected chi connectivity index (χ0v) is 10.6. The fraction of sp³-hybridized carbons (Fsp3) is 0.417. The van der Waals surface area contributed by atoms with Gasteiger partial charge in [0.1, 0.15) is 11.3 Å². The minimum atomic E-state index is -0.368. The van der Waals surface area contributed by atoms with Gasteiger partial charge in [-0.15, -0.1) is 0 Å². The maximum absolute atomic E-state index is 11.5. The Bertz CT molecular complexity index is 399. The molecule has 0 atom stereocenters. The second-order valence-corrected chi connectivity index (χ2v) is 4.80. The van der Waals surface area contributed by atoms with Crippen LogP contribution < -0.4 is 4.74 Å². The molecule has 2 rings (SSSR count). The van der Waals surface area contributed by atoms with Gasteiger partial charge in [-0.25, -0.2) is 4.79 Å². The van der Waals surface area contributed by atoms with Crippen molar-refractivity contribution in [3.8, 4) is 5.75 Å². The van der Waals surface area contributed by atoms with Gasteiger partial charge in [0.2, 0.25) is 0 Å². The minimum Gasteiger partial charge on any atom is -0.492 e. The summed E-state index contributed by atoms with van der Waals surface area (Å²) in [6.07, 6.45) is 2.45. The van der Waals surface area contributed by atoms with Crippen molar-refractivity contribution in [3.05, 3.63) is 28.2 Å². The first kappa shape index (κ1) is 11.5. The van der Waals surface area contributed by atoms with E-state index in [1.54, 1.807) is 12.1 Å². The number of rotatable bonds is 4. The quantitative estimate of drug-likeness (QED) is 0.798. The van der Waals surface area contributed by atoms with E-state index < -0.39 is 0 Å². The number of esters is 1. The van der Waals surface area contributed by atoms with Crippen LogP contribution in [0.15, 0.2) is 22.7 Å². The lowest BCUT2D eigenvalue weighted by Crippen LogP contribution is -2.07. The highest BCUT2D eigenvalue weighted by Gasteiger charge is 2.23. The predicted octanol–water partition coefficient (Wildman–Crippen LogP) is 3.02. The molecule has 1 aliphatic carbocycles. The number of carbonyl (C=O) groups excluding carboxylic acids is 1. The number of carbonyl (C=O) groups is 1. The van der Waals surface area contributed by atoms with Crippen LogP contribution in [0.25, 0.3) is 0 Å². The average molecular weight is 285 g/mol. The molecule has 4 heteroatoms. The van der Waals surface area contributed by atoms with E-state index in [0.717, 1.165) is 4.47 Å². The monoisotopic (exact) mass is 284 g/mol. The molecule has 0 bridgehead atoms. The van der Waals surface area contributed by atoms with Crippen molar-refractivity contribution in [1.82, 2.24) is 0 Å². The Morgan fingerprint density at radius 2 is 2.25 bits per heavy atom. The molecule has 0 aromatic heterocycles. The molecule has 0 N–H and O–H groups in total. The first-order valence-electron chi connectivity index (χ1n) is 5.21. The zero-order valence-electron chi connectivity index (χ0n) is 9.03. The summed E-state index contributed by atoms with van der Waals surface area (Å²) in [5, 5.41) is 0. The number of halogens is 1. The van der Waals surface area contributed by atoms with E-state index in [1.807, 2.05) is 6.07 Å². The maximum Gasteiger partial charge on any atom is 0.341 e. The lowest BCUT2D eigenvalue weighted by Gasteiger charge is -2.10. The van der Waals surface area contributed by atoms with Gasteiger partial charge in [-0.05, 0) is 37.0 Å². The molecule has 0 heterocycles. The molecule has 1 aromatic rings. The molecule has 0 aliphatic heterocycles. The molecular weight excluding hydrogens is 272 g/mol. The van der Waals surface area contributed by atoms with Crippen LogP contribution in [0.1, 0.15) is 23.2 Å². The lowest BCUT2D eigenvalue weighted by atomic mass is 10.2. The second kappa shape index (κ2) is 4.87. The third kappa shape index (κ3) is 2.76. The van der Waals surface area contributed by atoms with Gasteiger partial charge in [-0.3, -0.25) is 0 Å². The normalized spacial score (nSPS) is 14.6. The Kier molecular flexibility index (Phi) is 3.49. The Labute approximate surface area is 103 Å². The smallest absolute Gasteiger partial charge is 0.341 e. The van der Waals surface area contributed by atoms with Gasteiger partial charge in [0.15, 0.2) is 0 Å². The predicted molar refractivity (Wildman–Crippen MR) is 63.7 cm³/mol. The summed E-state index contributed by atoms with van der Waals surface area (Å²) < 4.78 is 11.2. The molecule has 1 aromatic carbocycles. The summed E-state index contributed by atoms with van der Waals surface area (Å²) >= 11 is 3.32. The van der Waals surface area contributed by atoms with Crippen molar-refractivity contribution in [1.29, 1.82) is 0 Å². The van der Waals surface area contributed by atoms with Gasteiger partial charge in [-0.1, -0.05) is 15.9 Å². The van der Waals surface area contributed by atoms with Crippen LogP contribution in [0, 0.1) is 5.92 Å². The van der Waals surface area contributed by atoms with Crippen LogP contribution in [0.3, 0.4) is 0 Å². The molecule has 16 heavy (non-hydrogen) atoms. The van der Waals surface area contributed by atoms with E-state index in [9.17, 15) is 4.79 Å². The van der Waals surface area contributed by atoms with Crippen molar-refractivity contribution in [2.24, 2.45) is 5.92 Å². The Morgan fingerprint density at radius 3 is 2.88 bits per heavy atom. The van der Waals surface area contributed by atoms with E-state index in [0.29, 0.717) is 23.8 Å². The highest BCUT2D eigenvalue weighted by atomic mass is 79.9. The van der Waals surface area contributed by atoms with E-state index in [-0.39, 0.29) is 5.97 Å². The molecule has 1 aliphatic rings. The highest BCUT2D eigenvalue weighted by molar-refractivity contribution is 9.10. The van der Waals surface area contributed by atoms with Gasteiger partial charge in [0, 0.05) is 4.47 Å². The standard InChI is InChI=1S/C12H13BrO3/c1-15-12(14)10-6-9(13)4-5-11(10)16-7-8-2-3-8/h4-6,8H,2-3,7H2,1H3. The van der Waals surface area contributed by atoms with Gasteiger partial charge in [-0.2, -0.15) is 0 Å². The van der Waals surface area contributed by atoms with E-state index in [1.165, 1.54) is 20.0 Å². The SMILES string of the molecule is COC(=O)c1cc(Br)ccc1OCC1CC1. The van der Waals surface area contributed by atoms with E-state index in [2.05, 4.69) is 15.9 Å². The van der Waals surface area contributed by atoms with Gasteiger partial charge >= 0.3 is 5.97 Å². The molecule has 0 radical (unpaired) electrons. The maximum atomic E-state index is 11.5. The lowest BCUT2D eigenvalue weighted by molar-refractivity contribution is 0.0595. The molecule has 86 valence electrons. The van der Waals surface area contributed by atoms with Crippen LogP contribution in [0.5, 0.6) is 5.75 Å². The first-order chi connectivity index (χ1) is 7.70. The van der Waals surface area contributed by atoms with E-state index >= 15 is 0 Å². The third-order valence-electron chi connectivity index (χ3n) is 2.52. The summed E-state index contributed by atoms with van der Waals surface area (Å²) in [5.41, 5.74) is 0.470. The van der Waals surface area contributed by atoms with Crippen molar-refractivity contribution in [2.75, 3.05) is 13.7 Å². The van der Waals surface area contributed by atoms with Crippen molar-refractivity contribution in [3.63, 3.8) is 0 Å². The Hall–Kier alpha value is -1.03. The number of benzene rings is 1. The number of methoxy groups -OCH3 is 1. The van der Waals surface area contributed by atoms with Crippen LogP contribution in [-0.4, -0.2) is 19.7 Å². The number of hydrogen-bond acceptors (Lipinski definition) is 3. The van der Waals surface area contributed by atoms with Gasteiger partial charge in [0.25, 0.3) is 0 Å². The van der Waals surface area contributed by atoms with Gasteiger partial charge in [0.05, 0.1) is 13.7 Å². The molecular formula is C12H13BrO3. The minimum absolute atomic E-state index is 0.368. The molecule has 0 amide bonds. The van der Waals surface area contributed by atoms with Crippen LogP contribution in [0.4, 0.5) is 0 Å². The number of ether oxygens (including phenoxy) is 2. The largest absolute Gasteiger partial charge is 0.492 e. The first-order valence-corrected chi connectivity index (χ1v) is 6.00. The van der Waals surface area contributed by atoms with E-state index in [4.69, 9.17) is 9.47 Å². The average Bonchev–Trinajstić information content (AvgIpc) is 3.10. The molecule has 3 nitrogen and oxygen atoms in total. The molecule has 1 fully saturated rings. The van der Waals surface area contributed by atoms with Crippen molar-refractivity contribution < 1.29 is 14.3 Å². The summed E-state index contributed by atoms with van der Waals surface area (Å²) in [5.74, 6) is 0.892. The molecule has 0 saturated heterocycles.